The van der Waals surface area contributed by atoms with Gasteiger partial charge in [0.05, 0.1) is 0 Å². The Labute approximate surface area is 68.2 Å². The molecule has 1 atom stereocenters. The summed E-state index contributed by atoms with van der Waals surface area (Å²) in [5.74, 6) is 0.266. The predicted molar refractivity (Wildman–Crippen MR) is 44.1 cm³/mol. The molecule has 0 aliphatic carbocycles. The van der Waals surface area contributed by atoms with Gasteiger partial charge in [-0.15, -0.1) is 0 Å². The zero-order valence-electron chi connectivity index (χ0n) is 7.73. The molecule has 0 N–H and O–H groups in total. The van der Waals surface area contributed by atoms with Crippen LogP contribution in [-0.4, -0.2) is 11.4 Å². The molecule has 1 aliphatic rings. The molecule has 64 valence electrons. The van der Waals surface area contributed by atoms with Gasteiger partial charge in [-0.05, 0) is 13.8 Å². The quantitative estimate of drug-likeness (QED) is 0.580. The summed E-state index contributed by atoms with van der Waals surface area (Å²) in [4.78, 5) is 0. The molecule has 0 radical (unpaired) electrons. The molecule has 1 saturated heterocycles. The zero-order chi connectivity index (χ0) is 8.70. The van der Waals surface area contributed by atoms with Crippen LogP contribution < -0.4 is 0 Å². The lowest BCUT2D eigenvalue weighted by molar-refractivity contribution is -0.166. The average molecular weight is 156 g/mol. The molecule has 0 aromatic rings. The van der Waals surface area contributed by atoms with Crippen molar-refractivity contribution in [3.8, 4) is 0 Å². The number of ether oxygens (including phenoxy) is 2. The normalized spacial score (nSPS) is 35.5. The highest BCUT2D eigenvalue weighted by atomic mass is 16.8. The largest absolute Gasteiger partial charge is 0.465 e. The third kappa shape index (κ3) is 1.41. The van der Waals surface area contributed by atoms with Gasteiger partial charge in [0.25, 0.3) is 0 Å². The molecule has 0 aromatic carbocycles. The van der Waals surface area contributed by atoms with Gasteiger partial charge in [-0.3, -0.25) is 0 Å². The van der Waals surface area contributed by atoms with Gasteiger partial charge in [-0.1, -0.05) is 13.5 Å². The van der Waals surface area contributed by atoms with Gasteiger partial charge in [0, 0.05) is 13.3 Å². The molecule has 1 heterocycles. The average Bonchev–Trinajstić information content (AvgIpc) is 2.04. The van der Waals surface area contributed by atoms with Crippen LogP contribution in [0.3, 0.4) is 0 Å². The SMILES string of the molecule is C=C1OC(C)(CC)OC1(C)C. The first-order valence-electron chi connectivity index (χ1n) is 3.98. The van der Waals surface area contributed by atoms with Gasteiger partial charge in [-0.25, -0.2) is 0 Å². The molecular formula is C9H16O2. The molecule has 0 spiro atoms. The van der Waals surface area contributed by atoms with Crippen LogP contribution in [0.5, 0.6) is 0 Å². The predicted octanol–water partition coefficient (Wildman–Crippen LogP) is 2.45. The van der Waals surface area contributed by atoms with Crippen molar-refractivity contribution in [2.75, 3.05) is 0 Å². The standard InChI is InChI=1S/C9H16O2/c1-6-9(5)10-7(2)8(3,4)11-9/h2,6H2,1,3-5H3. The lowest BCUT2D eigenvalue weighted by atomic mass is 10.1. The summed E-state index contributed by atoms with van der Waals surface area (Å²) >= 11 is 0. The minimum Gasteiger partial charge on any atom is -0.465 e. The second-order valence-corrected chi connectivity index (χ2v) is 3.62. The van der Waals surface area contributed by atoms with E-state index in [4.69, 9.17) is 9.47 Å². The molecule has 1 unspecified atom stereocenters. The van der Waals surface area contributed by atoms with E-state index >= 15 is 0 Å². The lowest BCUT2D eigenvalue weighted by Gasteiger charge is -2.22. The second-order valence-electron chi connectivity index (χ2n) is 3.62. The fraction of sp³-hybridized carbons (Fsp3) is 0.778. The van der Waals surface area contributed by atoms with Crippen LogP contribution in [0.2, 0.25) is 0 Å². The third-order valence-electron chi connectivity index (χ3n) is 2.12. The summed E-state index contributed by atoms with van der Waals surface area (Å²) in [6.45, 7) is 11.7. The number of hydrogen-bond donors (Lipinski definition) is 0. The summed E-state index contributed by atoms with van der Waals surface area (Å²) in [7, 11) is 0. The topological polar surface area (TPSA) is 18.5 Å². The molecule has 1 rings (SSSR count). The molecule has 0 amide bonds. The Morgan fingerprint density at radius 3 is 2.09 bits per heavy atom. The molecular weight excluding hydrogens is 140 g/mol. The van der Waals surface area contributed by atoms with Crippen molar-refractivity contribution in [3.63, 3.8) is 0 Å². The van der Waals surface area contributed by atoms with Gasteiger partial charge in [0.2, 0.25) is 5.79 Å². The summed E-state index contributed by atoms with van der Waals surface area (Å²) in [5, 5.41) is 0. The van der Waals surface area contributed by atoms with Gasteiger partial charge in [0.15, 0.2) is 0 Å². The van der Waals surface area contributed by atoms with Crippen LogP contribution in [0.15, 0.2) is 12.3 Å². The summed E-state index contributed by atoms with van der Waals surface area (Å²) in [5.41, 5.74) is -0.329. The maximum atomic E-state index is 5.68. The van der Waals surface area contributed by atoms with Gasteiger partial charge in [-0.2, -0.15) is 0 Å². The van der Waals surface area contributed by atoms with E-state index in [1.54, 1.807) is 0 Å². The molecule has 1 fully saturated rings. The summed E-state index contributed by atoms with van der Waals surface area (Å²) < 4.78 is 11.2. The highest BCUT2D eigenvalue weighted by Gasteiger charge is 2.44. The van der Waals surface area contributed by atoms with Crippen LogP contribution in [-0.2, 0) is 9.47 Å². The Balaban J connectivity index is 2.79. The van der Waals surface area contributed by atoms with E-state index in [1.807, 2.05) is 27.7 Å². The van der Waals surface area contributed by atoms with E-state index in [9.17, 15) is 0 Å². The molecule has 2 heteroatoms. The summed E-state index contributed by atoms with van der Waals surface area (Å²) in [6.07, 6.45) is 0.843. The smallest absolute Gasteiger partial charge is 0.208 e. The van der Waals surface area contributed by atoms with E-state index in [0.29, 0.717) is 0 Å². The first-order chi connectivity index (χ1) is 4.90. The molecule has 1 aliphatic heterocycles. The van der Waals surface area contributed by atoms with Gasteiger partial charge in [0.1, 0.15) is 11.4 Å². The molecule has 0 bridgehead atoms. The molecule has 0 saturated carbocycles. The van der Waals surface area contributed by atoms with Crippen molar-refractivity contribution >= 4 is 0 Å². The Kier molecular flexibility index (Phi) is 1.75. The Bertz CT molecular complexity index is 184. The van der Waals surface area contributed by atoms with E-state index in [1.165, 1.54) is 0 Å². The Morgan fingerprint density at radius 2 is 1.91 bits per heavy atom. The Morgan fingerprint density at radius 1 is 1.36 bits per heavy atom. The van der Waals surface area contributed by atoms with Crippen LogP contribution in [0.1, 0.15) is 34.1 Å². The van der Waals surface area contributed by atoms with Crippen molar-refractivity contribution in [1.29, 1.82) is 0 Å². The highest BCUT2D eigenvalue weighted by Crippen LogP contribution is 2.39. The number of hydrogen-bond acceptors (Lipinski definition) is 2. The first kappa shape index (κ1) is 8.60. The summed E-state index contributed by atoms with van der Waals surface area (Å²) in [6, 6.07) is 0. The van der Waals surface area contributed by atoms with E-state index < -0.39 is 5.79 Å². The highest BCUT2D eigenvalue weighted by molar-refractivity contribution is 5.07. The zero-order valence-corrected chi connectivity index (χ0v) is 7.73. The van der Waals surface area contributed by atoms with Crippen molar-refractivity contribution in [1.82, 2.24) is 0 Å². The maximum Gasteiger partial charge on any atom is 0.208 e. The van der Waals surface area contributed by atoms with E-state index in [-0.39, 0.29) is 5.60 Å². The van der Waals surface area contributed by atoms with Crippen LogP contribution in [0, 0.1) is 0 Å². The van der Waals surface area contributed by atoms with Crippen LogP contribution >= 0.6 is 0 Å². The fourth-order valence-corrected chi connectivity index (χ4v) is 1.15. The van der Waals surface area contributed by atoms with Crippen molar-refractivity contribution in [2.45, 2.75) is 45.5 Å². The van der Waals surface area contributed by atoms with Crippen LogP contribution in [0.4, 0.5) is 0 Å². The van der Waals surface area contributed by atoms with Crippen LogP contribution in [0.25, 0.3) is 0 Å². The third-order valence-corrected chi connectivity index (χ3v) is 2.12. The monoisotopic (exact) mass is 156 g/mol. The van der Waals surface area contributed by atoms with Crippen molar-refractivity contribution in [2.24, 2.45) is 0 Å². The maximum absolute atomic E-state index is 5.68. The molecule has 11 heavy (non-hydrogen) atoms. The van der Waals surface area contributed by atoms with Gasteiger partial charge >= 0.3 is 0 Å². The van der Waals surface area contributed by atoms with Crippen molar-refractivity contribution < 1.29 is 9.47 Å². The van der Waals surface area contributed by atoms with Gasteiger partial charge < -0.3 is 9.47 Å². The minimum atomic E-state index is -0.458. The minimum absolute atomic E-state index is 0.329. The van der Waals surface area contributed by atoms with E-state index in [0.717, 1.165) is 12.2 Å². The fourth-order valence-electron chi connectivity index (χ4n) is 1.15. The number of rotatable bonds is 1. The first-order valence-corrected chi connectivity index (χ1v) is 3.98. The lowest BCUT2D eigenvalue weighted by Crippen LogP contribution is -2.28. The Hall–Kier alpha value is -0.500. The molecule has 0 aromatic heterocycles. The second kappa shape index (κ2) is 2.24. The molecule has 2 nitrogen and oxygen atoms in total. The van der Waals surface area contributed by atoms with Crippen molar-refractivity contribution in [3.05, 3.63) is 12.3 Å². The van der Waals surface area contributed by atoms with E-state index in [2.05, 4.69) is 6.58 Å².